The van der Waals surface area contributed by atoms with Gasteiger partial charge in [0.15, 0.2) is 0 Å². The third-order valence-electron chi connectivity index (χ3n) is 5.14. The van der Waals surface area contributed by atoms with E-state index in [1.54, 1.807) is 6.20 Å². The highest BCUT2D eigenvalue weighted by molar-refractivity contribution is 5.30. The minimum Gasteiger partial charge on any atom is -0.490 e. The van der Waals surface area contributed by atoms with E-state index in [9.17, 15) is 10.2 Å². The normalized spacial score (nSPS) is 27.7. The van der Waals surface area contributed by atoms with Crippen LogP contribution >= 0.6 is 0 Å². The molecule has 1 aromatic rings. The maximum absolute atomic E-state index is 9.97. The number of ether oxygens (including phenoxy) is 1. The molecule has 2 aliphatic heterocycles. The van der Waals surface area contributed by atoms with Crippen LogP contribution in [0.25, 0.3) is 0 Å². The van der Waals surface area contributed by atoms with Crippen LogP contribution in [0.3, 0.4) is 0 Å². The van der Waals surface area contributed by atoms with Crippen molar-refractivity contribution < 1.29 is 14.9 Å². The molecule has 2 unspecified atom stereocenters. The molecule has 0 spiro atoms. The number of rotatable bonds is 4. The average Bonchev–Trinajstić information content (AvgIpc) is 2.63. The number of nitrogens with zero attached hydrogens (tertiary/aromatic N) is 4. The van der Waals surface area contributed by atoms with Gasteiger partial charge in [-0.2, -0.15) is 0 Å². The van der Waals surface area contributed by atoms with Crippen LogP contribution in [0, 0.1) is 0 Å². The fourth-order valence-electron chi connectivity index (χ4n) is 3.89. The molecule has 2 aliphatic rings. The van der Waals surface area contributed by atoms with Gasteiger partial charge in [-0.05, 0) is 19.9 Å². The lowest BCUT2D eigenvalue weighted by molar-refractivity contribution is 0.0516. The van der Waals surface area contributed by atoms with Crippen LogP contribution in [0.2, 0.25) is 0 Å². The lowest BCUT2D eigenvalue weighted by Crippen LogP contribution is -2.50. The van der Waals surface area contributed by atoms with Crippen LogP contribution in [-0.4, -0.2) is 101 Å². The Morgan fingerprint density at radius 3 is 2.69 bits per heavy atom. The zero-order valence-electron chi connectivity index (χ0n) is 15.9. The number of aromatic nitrogens is 1. The van der Waals surface area contributed by atoms with Gasteiger partial charge in [-0.15, -0.1) is 0 Å². The van der Waals surface area contributed by atoms with Gasteiger partial charge in [0.05, 0.1) is 24.4 Å². The Morgan fingerprint density at radius 1 is 1.15 bits per heavy atom. The molecule has 26 heavy (non-hydrogen) atoms. The molecule has 7 heteroatoms. The van der Waals surface area contributed by atoms with Crippen LogP contribution in [0.1, 0.15) is 19.4 Å². The number of β-amino-alcohol motifs (C(OH)–C–C–N with tert-alkyl or cyclic N) is 2. The second kappa shape index (κ2) is 9.10. The van der Waals surface area contributed by atoms with Crippen molar-refractivity contribution in [3.63, 3.8) is 0 Å². The van der Waals surface area contributed by atoms with Crippen LogP contribution in [0.4, 0.5) is 0 Å². The molecule has 146 valence electrons. The summed E-state index contributed by atoms with van der Waals surface area (Å²) in [4.78, 5) is 11.3. The highest BCUT2D eigenvalue weighted by Gasteiger charge is 2.28. The molecule has 4 atom stereocenters. The van der Waals surface area contributed by atoms with Crippen LogP contribution in [0.15, 0.2) is 18.5 Å². The van der Waals surface area contributed by atoms with Crippen LogP contribution < -0.4 is 4.74 Å². The Balaban J connectivity index is 1.82. The van der Waals surface area contributed by atoms with E-state index in [1.165, 1.54) is 5.56 Å². The maximum atomic E-state index is 9.97. The molecular weight excluding hydrogens is 332 g/mol. The van der Waals surface area contributed by atoms with E-state index in [0.29, 0.717) is 19.7 Å². The van der Waals surface area contributed by atoms with Gasteiger partial charge in [0.1, 0.15) is 12.4 Å². The third kappa shape index (κ3) is 5.37. The largest absolute Gasteiger partial charge is 0.490 e. The Bertz CT molecular complexity index is 569. The molecule has 0 radical (unpaired) electrons. The molecule has 0 amide bonds. The molecule has 1 aromatic heterocycles. The minimum atomic E-state index is -0.381. The summed E-state index contributed by atoms with van der Waals surface area (Å²) >= 11 is 0. The van der Waals surface area contributed by atoms with Crippen molar-refractivity contribution >= 4 is 0 Å². The Hall–Kier alpha value is -1.25. The van der Waals surface area contributed by atoms with Crippen molar-refractivity contribution in [1.82, 2.24) is 19.7 Å². The third-order valence-corrected chi connectivity index (χ3v) is 5.14. The SMILES string of the molecule is C[C@H](O)CN1CCN2Cc3ccncc3OCC(C2)N(C[C@H](C)O)CC1. The summed E-state index contributed by atoms with van der Waals surface area (Å²) in [6.07, 6.45) is 2.90. The van der Waals surface area contributed by atoms with E-state index in [1.807, 2.05) is 26.1 Å². The first-order valence-corrected chi connectivity index (χ1v) is 9.62. The zero-order chi connectivity index (χ0) is 18.5. The lowest BCUT2D eigenvalue weighted by Gasteiger charge is -2.36. The monoisotopic (exact) mass is 364 g/mol. The van der Waals surface area contributed by atoms with Crippen molar-refractivity contribution in [2.24, 2.45) is 0 Å². The van der Waals surface area contributed by atoms with Gasteiger partial charge in [-0.3, -0.25) is 19.7 Å². The minimum absolute atomic E-state index is 0.226. The summed E-state index contributed by atoms with van der Waals surface area (Å²) in [6, 6.07) is 2.26. The van der Waals surface area contributed by atoms with Crippen molar-refractivity contribution in [2.45, 2.75) is 38.6 Å². The van der Waals surface area contributed by atoms with Gasteiger partial charge in [0.2, 0.25) is 0 Å². The average molecular weight is 364 g/mol. The highest BCUT2D eigenvalue weighted by atomic mass is 16.5. The molecule has 0 aliphatic carbocycles. The quantitative estimate of drug-likeness (QED) is 0.781. The van der Waals surface area contributed by atoms with E-state index < -0.39 is 0 Å². The fraction of sp³-hybridized carbons (Fsp3) is 0.737. The molecule has 7 nitrogen and oxygen atoms in total. The van der Waals surface area contributed by atoms with E-state index in [4.69, 9.17) is 4.74 Å². The molecule has 3 rings (SSSR count). The van der Waals surface area contributed by atoms with E-state index in [0.717, 1.165) is 45.0 Å². The first kappa shape index (κ1) is 19.5. The van der Waals surface area contributed by atoms with Crippen LogP contribution in [0.5, 0.6) is 5.75 Å². The molecule has 1 fully saturated rings. The molecule has 2 bridgehead atoms. The van der Waals surface area contributed by atoms with Gasteiger partial charge in [-0.25, -0.2) is 0 Å². The summed E-state index contributed by atoms with van der Waals surface area (Å²) < 4.78 is 6.09. The van der Waals surface area contributed by atoms with Gasteiger partial charge >= 0.3 is 0 Å². The van der Waals surface area contributed by atoms with Crippen molar-refractivity contribution in [3.8, 4) is 5.75 Å². The second-order valence-corrected chi connectivity index (χ2v) is 7.68. The van der Waals surface area contributed by atoms with Gasteiger partial charge in [0.25, 0.3) is 0 Å². The predicted molar refractivity (Wildman–Crippen MR) is 100 cm³/mol. The topological polar surface area (TPSA) is 72.3 Å². The Morgan fingerprint density at radius 2 is 1.92 bits per heavy atom. The number of hydrogen-bond donors (Lipinski definition) is 2. The summed E-state index contributed by atoms with van der Waals surface area (Å²) in [5.74, 6) is 0.860. The van der Waals surface area contributed by atoms with E-state index in [-0.39, 0.29) is 18.2 Å². The van der Waals surface area contributed by atoms with Gasteiger partial charge < -0.3 is 14.9 Å². The second-order valence-electron chi connectivity index (χ2n) is 7.68. The van der Waals surface area contributed by atoms with Gasteiger partial charge in [0, 0.05) is 64.1 Å². The molecular formula is C19H32N4O3. The van der Waals surface area contributed by atoms with Crippen molar-refractivity contribution in [1.29, 1.82) is 0 Å². The standard InChI is InChI=1S/C19H32N4O3/c1-15(24)10-21-5-6-22-12-17-3-4-20-9-19(17)26-14-18(13-22)23(8-7-21)11-16(2)25/h3-4,9,15-16,18,24-25H,5-8,10-14H2,1-2H3/t15-,16-,18?/m0/s1. The van der Waals surface area contributed by atoms with E-state index in [2.05, 4.69) is 19.7 Å². The smallest absolute Gasteiger partial charge is 0.142 e. The number of hydrogen-bond acceptors (Lipinski definition) is 7. The van der Waals surface area contributed by atoms with Gasteiger partial charge in [-0.1, -0.05) is 0 Å². The first-order valence-electron chi connectivity index (χ1n) is 9.62. The zero-order valence-corrected chi connectivity index (χ0v) is 15.9. The van der Waals surface area contributed by atoms with E-state index >= 15 is 0 Å². The molecule has 0 saturated carbocycles. The Labute approximate surface area is 156 Å². The number of fused-ring (bicyclic) bond motifs is 3. The van der Waals surface area contributed by atoms with Crippen LogP contribution in [-0.2, 0) is 6.54 Å². The molecule has 1 saturated heterocycles. The highest BCUT2D eigenvalue weighted by Crippen LogP contribution is 2.23. The summed E-state index contributed by atoms with van der Waals surface area (Å²) in [7, 11) is 0. The molecule has 3 heterocycles. The van der Waals surface area contributed by atoms with Crippen molar-refractivity contribution in [3.05, 3.63) is 24.0 Å². The summed E-state index contributed by atoms with van der Waals surface area (Å²) in [5.41, 5.74) is 1.17. The Kier molecular flexibility index (Phi) is 6.83. The lowest BCUT2D eigenvalue weighted by atomic mass is 10.1. The summed E-state index contributed by atoms with van der Waals surface area (Å²) in [5, 5.41) is 19.8. The summed E-state index contributed by atoms with van der Waals surface area (Å²) in [6.45, 7) is 11.0. The first-order chi connectivity index (χ1) is 12.5. The predicted octanol–water partition coefficient (Wildman–Crippen LogP) is 0.0238. The fourth-order valence-corrected chi connectivity index (χ4v) is 3.89. The number of pyridine rings is 1. The maximum Gasteiger partial charge on any atom is 0.142 e. The molecule has 0 aromatic carbocycles. The number of aliphatic hydroxyl groups excluding tert-OH is 2. The number of aliphatic hydroxyl groups is 2. The molecule has 2 N–H and O–H groups in total. The van der Waals surface area contributed by atoms with Crippen molar-refractivity contribution in [2.75, 3.05) is 52.4 Å².